The molecule has 5 heterocycles. The number of nitrogens with one attached hydrogen (secondary N) is 2. The number of aliphatic imine (C=N–C) groups is 1. The van der Waals surface area contributed by atoms with Crippen LogP contribution in [-0.4, -0.2) is 140 Å². The van der Waals surface area contributed by atoms with Crippen molar-refractivity contribution >= 4 is 61.8 Å². The van der Waals surface area contributed by atoms with Crippen molar-refractivity contribution in [3.05, 3.63) is 35.9 Å². The summed E-state index contributed by atoms with van der Waals surface area (Å²) in [6.45, 7) is 0.513. The second-order valence-corrected chi connectivity index (χ2v) is 15.5. The van der Waals surface area contributed by atoms with E-state index in [0.717, 1.165) is 16.8 Å². The van der Waals surface area contributed by atoms with Crippen LogP contribution in [0.1, 0.15) is 17.4 Å². The van der Waals surface area contributed by atoms with Gasteiger partial charge in [0.1, 0.15) is 48.5 Å². The number of nitrogens with two attached hydrogens (primary N) is 1. The quantitative estimate of drug-likeness (QED) is 0.0780. The number of aliphatic hydroxyl groups excluding tert-OH is 5. The van der Waals surface area contributed by atoms with Crippen molar-refractivity contribution < 1.29 is 77.2 Å². The molecule has 12 N–H and O–H groups in total. The number of phosphoric acid groups is 2. The van der Waals surface area contributed by atoms with E-state index >= 15 is 0 Å². The van der Waals surface area contributed by atoms with Gasteiger partial charge in [0, 0.05) is 0 Å². The first-order chi connectivity index (χ1) is 25.2. The minimum Gasteiger partial charge on any atom is -0.388 e. The highest BCUT2D eigenvalue weighted by atomic mass is 31.3. The second-order valence-electron chi connectivity index (χ2n) is 12.5. The Morgan fingerprint density at radius 2 is 1.70 bits per heavy atom. The van der Waals surface area contributed by atoms with Gasteiger partial charge < -0.3 is 61.1 Å². The minimum absolute atomic E-state index is 0.0224. The van der Waals surface area contributed by atoms with Gasteiger partial charge in [-0.3, -0.25) is 23.7 Å². The van der Waals surface area contributed by atoms with Gasteiger partial charge in [-0.1, -0.05) is 0 Å². The number of benzene rings is 1. The van der Waals surface area contributed by atoms with Crippen molar-refractivity contribution in [2.45, 2.75) is 62.4 Å². The number of carbonyl (C=O) groups is 2. The molecule has 10 atom stereocenters. The number of anilines is 3. The Morgan fingerprint density at radius 1 is 1.02 bits per heavy atom. The number of imide groups is 1. The number of ether oxygens (including phenoxy) is 1. The van der Waals surface area contributed by atoms with Crippen LogP contribution in [0.15, 0.2) is 29.8 Å². The number of phosphoric ester groups is 2. The number of urea groups is 1. The number of rotatable bonds is 13. The van der Waals surface area contributed by atoms with E-state index in [1.165, 1.54) is 10.9 Å². The zero-order chi connectivity index (χ0) is 39.5. The molecule has 2 aromatic heterocycles. The topological polar surface area (TPSA) is 376 Å². The third kappa shape index (κ3) is 7.60. The third-order valence-electron chi connectivity index (χ3n) is 8.73. The van der Waals surface area contributed by atoms with Crippen molar-refractivity contribution in [2.24, 2.45) is 4.99 Å². The van der Waals surface area contributed by atoms with Crippen LogP contribution < -0.4 is 21.3 Å². The smallest absolute Gasteiger partial charge is 0.388 e. The molecule has 27 heteroatoms. The first-order valence-corrected chi connectivity index (χ1v) is 18.7. The fraction of sp³-hybridized carbons (Fsp3) is 0.481. The molecule has 0 radical (unpaired) electrons. The van der Waals surface area contributed by atoms with E-state index in [2.05, 4.69) is 34.1 Å². The van der Waals surface area contributed by atoms with E-state index in [-0.39, 0.29) is 28.4 Å². The lowest BCUT2D eigenvalue weighted by Gasteiger charge is -2.44. The Balaban J connectivity index is 1.06. The number of nitrogen functional groups attached to an aromatic ring is 1. The maximum atomic E-state index is 12.6. The van der Waals surface area contributed by atoms with E-state index in [4.69, 9.17) is 15.0 Å². The first kappa shape index (κ1) is 39.6. The molecular weight excluding hydrogens is 768 g/mol. The summed E-state index contributed by atoms with van der Waals surface area (Å²) in [6, 6.07) is 2.02. The lowest BCUT2D eigenvalue weighted by molar-refractivity contribution is -0.131. The Morgan fingerprint density at radius 3 is 2.43 bits per heavy atom. The summed E-state index contributed by atoms with van der Waals surface area (Å²) in [4.78, 5) is 61.5. The molecule has 1 fully saturated rings. The van der Waals surface area contributed by atoms with Crippen LogP contribution in [0.5, 0.6) is 0 Å². The van der Waals surface area contributed by atoms with Gasteiger partial charge in [-0.05, 0) is 37.1 Å². The van der Waals surface area contributed by atoms with Gasteiger partial charge in [-0.15, -0.1) is 0 Å². The molecule has 3 amide bonds. The van der Waals surface area contributed by atoms with Crippen LogP contribution in [0.4, 0.5) is 22.0 Å². The summed E-state index contributed by atoms with van der Waals surface area (Å²) in [5.41, 5.74) is 5.31. The molecule has 294 valence electrons. The average Bonchev–Trinajstić information content (AvgIpc) is 3.64. The molecule has 3 aliphatic heterocycles. The summed E-state index contributed by atoms with van der Waals surface area (Å²) < 4.78 is 45.3. The molecule has 0 aliphatic carbocycles. The number of aryl methyl sites for hydroxylation is 2. The number of hydrogen-bond donors (Lipinski definition) is 11. The highest BCUT2D eigenvalue weighted by Crippen LogP contribution is 2.60. The molecule has 10 unspecified atom stereocenters. The number of amidine groups is 1. The number of β-amino-alcohol motifs (C(OH)–C–C–N with tert-alkyl or cyclic N) is 1. The van der Waals surface area contributed by atoms with Crippen LogP contribution in [0.3, 0.4) is 0 Å². The molecule has 3 aromatic rings. The van der Waals surface area contributed by atoms with Crippen LogP contribution in [0.2, 0.25) is 0 Å². The van der Waals surface area contributed by atoms with E-state index in [9.17, 15) is 59.1 Å². The largest absolute Gasteiger partial charge is 0.481 e. The summed E-state index contributed by atoms with van der Waals surface area (Å²) >= 11 is 0. The van der Waals surface area contributed by atoms with Crippen LogP contribution >= 0.6 is 15.6 Å². The molecule has 0 saturated carbocycles. The maximum absolute atomic E-state index is 12.6. The van der Waals surface area contributed by atoms with Crippen molar-refractivity contribution in [2.75, 3.05) is 35.7 Å². The first-order valence-electron chi connectivity index (χ1n) is 15.7. The summed E-state index contributed by atoms with van der Waals surface area (Å²) in [5.74, 6) is -1.72. The number of aliphatic hydroxyl groups is 6. The fourth-order valence-corrected chi connectivity index (χ4v) is 7.90. The van der Waals surface area contributed by atoms with Crippen molar-refractivity contribution in [1.29, 1.82) is 0 Å². The number of carbonyl (C=O) groups excluding carboxylic acids is 2. The predicted molar refractivity (Wildman–Crippen MR) is 179 cm³/mol. The molecule has 54 heavy (non-hydrogen) atoms. The fourth-order valence-electron chi connectivity index (χ4n) is 5.80. The molecule has 3 aliphatic rings. The van der Waals surface area contributed by atoms with E-state index in [1.54, 1.807) is 26.0 Å². The molecule has 25 nitrogen and oxygen atoms in total. The standard InChI is InChI=1S/C27H35N9O16P2/c1-10-3-12-13(4-11(10)2)35(24-27(44,34-12)25(42)33-26(43)32-24)5-14(37)18(39)15(38)6-49-53(45,46)52-54(47,48)50-7-16-19(40)20(41)23(51-16)36-9-31-17-21(28)29-8-30-22(17)36/h3-4,8-9,14-16,18-20,23,34,37-41,44H,5-7H2,1-2H3,(H,45,46)(H,47,48)(H2,28,29,30)(H,33,42,43). The molecule has 6 rings (SSSR count). The second kappa shape index (κ2) is 14.6. The van der Waals surface area contributed by atoms with Gasteiger partial charge in [0.25, 0.3) is 11.6 Å². The lowest BCUT2D eigenvalue weighted by atomic mass is 9.98. The van der Waals surface area contributed by atoms with Gasteiger partial charge >= 0.3 is 21.7 Å². The van der Waals surface area contributed by atoms with E-state index in [0.29, 0.717) is 5.56 Å². The van der Waals surface area contributed by atoms with Crippen LogP contribution in [0, 0.1) is 13.8 Å². The predicted octanol–water partition coefficient (Wildman–Crippen LogP) is -2.75. The molecule has 0 bridgehead atoms. The van der Waals surface area contributed by atoms with Gasteiger partial charge in [-0.25, -0.2) is 28.9 Å². The van der Waals surface area contributed by atoms with Crippen molar-refractivity contribution in [3.63, 3.8) is 0 Å². The number of nitrogens with zero attached hydrogens (tertiary/aromatic N) is 6. The zero-order valence-electron chi connectivity index (χ0n) is 28.0. The number of amides is 3. The normalized spacial score (nSPS) is 27.9. The molecular formula is C27H35N9O16P2. The Bertz CT molecular complexity index is 2100. The van der Waals surface area contributed by atoms with Gasteiger partial charge in [-0.2, -0.15) is 9.30 Å². The van der Waals surface area contributed by atoms with Gasteiger partial charge in [0.15, 0.2) is 23.5 Å². The number of fused-ring (bicyclic) bond motifs is 3. The minimum atomic E-state index is -5.58. The number of imidazole rings is 1. The highest BCUT2D eigenvalue weighted by molar-refractivity contribution is 7.61. The SMILES string of the molecule is Cc1cc2c(cc1C)N(CC(O)C(O)C(O)COP(=O)(O)OP(=O)(O)OCC1OC(n3cnc4c(N)ncnc43)C(O)C1O)C1=NC(=O)NC(=O)C1(O)N2. The number of hydrogen-bond acceptors (Lipinski definition) is 20. The highest BCUT2D eigenvalue weighted by Gasteiger charge is 2.53. The summed E-state index contributed by atoms with van der Waals surface area (Å²) in [6.07, 6.45) is -10.2. The molecule has 0 spiro atoms. The Hall–Kier alpha value is -4.04. The average molecular weight is 804 g/mol. The summed E-state index contributed by atoms with van der Waals surface area (Å²) in [5, 5.41) is 68.7. The number of aromatic nitrogens is 4. The van der Waals surface area contributed by atoms with Gasteiger partial charge in [0.2, 0.25) is 0 Å². The van der Waals surface area contributed by atoms with Crippen molar-refractivity contribution in [3.8, 4) is 0 Å². The molecule has 1 saturated heterocycles. The van der Waals surface area contributed by atoms with Crippen LogP contribution in [-0.2, 0) is 32.0 Å². The Kier molecular flexibility index (Phi) is 10.7. The monoisotopic (exact) mass is 803 g/mol. The summed E-state index contributed by atoms with van der Waals surface area (Å²) in [7, 11) is -11.1. The molecule has 1 aromatic carbocycles. The maximum Gasteiger partial charge on any atom is 0.481 e. The van der Waals surface area contributed by atoms with Crippen molar-refractivity contribution in [1.82, 2.24) is 24.8 Å². The third-order valence-corrected chi connectivity index (χ3v) is 11.3. The Labute approximate surface area is 302 Å². The van der Waals surface area contributed by atoms with Gasteiger partial charge in [0.05, 0.1) is 37.5 Å². The lowest BCUT2D eigenvalue weighted by Crippen LogP contribution is -2.69. The van der Waals surface area contributed by atoms with Crippen LogP contribution in [0.25, 0.3) is 11.2 Å². The van der Waals surface area contributed by atoms with E-state index in [1.807, 2.05) is 5.32 Å². The zero-order valence-corrected chi connectivity index (χ0v) is 29.8. The van der Waals surface area contributed by atoms with E-state index < -0.39 is 102 Å².